The molecule has 0 bridgehead atoms. The Labute approximate surface area is 228 Å². The molecule has 6 nitrogen and oxygen atoms in total. The summed E-state index contributed by atoms with van der Waals surface area (Å²) in [6.07, 6.45) is 7.01. The number of hydrogen-bond acceptors (Lipinski definition) is 6. The third-order valence-electron chi connectivity index (χ3n) is 6.06. The van der Waals surface area contributed by atoms with Gasteiger partial charge in [0.1, 0.15) is 18.2 Å². The zero-order chi connectivity index (χ0) is 27.4. The Morgan fingerprint density at radius 1 is 1.10 bits per heavy atom. The van der Waals surface area contributed by atoms with Gasteiger partial charge in [0.15, 0.2) is 4.80 Å². The second-order valence-corrected chi connectivity index (χ2v) is 9.55. The Morgan fingerprint density at radius 3 is 2.49 bits per heavy atom. The monoisotopic (exact) mass is 538 g/mol. The molecule has 1 aliphatic rings. The third-order valence-corrected chi connectivity index (χ3v) is 7.04. The molecule has 3 aromatic carbocycles. The molecule has 39 heavy (non-hydrogen) atoms. The first-order valence-corrected chi connectivity index (χ1v) is 13.0. The molecule has 0 radical (unpaired) electrons. The van der Waals surface area contributed by atoms with Crippen molar-refractivity contribution in [1.82, 2.24) is 4.57 Å². The fourth-order valence-electron chi connectivity index (χ4n) is 4.34. The number of thiazole rings is 1. The molecule has 8 heteroatoms. The van der Waals surface area contributed by atoms with E-state index in [2.05, 4.69) is 5.92 Å². The quantitative estimate of drug-likeness (QED) is 0.263. The predicted octanol–water partition coefficient (Wildman–Crippen LogP) is 4.09. The summed E-state index contributed by atoms with van der Waals surface area (Å²) < 4.78 is 26.6. The summed E-state index contributed by atoms with van der Waals surface area (Å²) in [6.45, 7) is 2.02. The van der Waals surface area contributed by atoms with E-state index in [1.807, 2.05) is 42.5 Å². The maximum Gasteiger partial charge on any atom is 0.338 e. The van der Waals surface area contributed by atoms with E-state index in [-0.39, 0.29) is 24.3 Å². The highest BCUT2D eigenvalue weighted by molar-refractivity contribution is 7.07. The molecule has 0 amide bonds. The van der Waals surface area contributed by atoms with Crippen LogP contribution in [0.3, 0.4) is 0 Å². The zero-order valence-corrected chi connectivity index (χ0v) is 21.8. The first-order valence-electron chi connectivity index (χ1n) is 12.2. The van der Waals surface area contributed by atoms with Crippen molar-refractivity contribution in [2.45, 2.75) is 13.0 Å². The van der Waals surface area contributed by atoms with Crippen molar-refractivity contribution in [2.24, 2.45) is 4.99 Å². The fourth-order valence-corrected chi connectivity index (χ4v) is 5.34. The first-order chi connectivity index (χ1) is 19.0. The van der Waals surface area contributed by atoms with Crippen LogP contribution in [0.25, 0.3) is 11.8 Å². The standard InChI is InChI=1S/C31H23FN2O4S/c1-3-18-38-24-16-10-20(11-17-24)19-25-29(35)34-28(22-12-14-23(32)15-13-22)26(30(36)37-4-2)27(33-31(34)39-25)21-8-6-5-7-9-21/h1,5-17,19,28H,4,18H2,2H3/b25-19+. The van der Waals surface area contributed by atoms with Crippen molar-refractivity contribution >= 4 is 29.1 Å². The van der Waals surface area contributed by atoms with Crippen LogP contribution >= 0.6 is 11.3 Å². The molecular formula is C31H23FN2O4S. The lowest BCUT2D eigenvalue weighted by atomic mass is 9.93. The number of aromatic nitrogens is 1. The number of carbonyl (C=O) groups is 1. The van der Waals surface area contributed by atoms with Crippen LogP contribution in [0.15, 0.2) is 94.2 Å². The molecule has 4 aromatic rings. The number of esters is 1. The maximum absolute atomic E-state index is 13.9. The molecule has 1 aromatic heterocycles. The topological polar surface area (TPSA) is 69.9 Å². The zero-order valence-electron chi connectivity index (χ0n) is 21.0. The van der Waals surface area contributed by atoms with E-state index in [0.29, 0.717) is 31.9 Å². The number of benzene rings is 3. The average Bonchev–Trinajstić information content (AvgIpc) is 3.27. The lowest BCUT2D eigenvalue weighted by Crippen LogP contribution is -2.40. The Balaban J connectivity index is 1.73. The van der Waals surface area contributed by atoms with E-state index < -0.39 is 17.8 Å². The van der Waals surface area contributed by atoms with E-state index in [0.717, 1.165) is 5.56 Å². The largest absolute Gasteiger partial charge is 0.481 e. The van der Waals surface area contributed by atoms with Crippen molar-refractivity contribution in [2.75, 3.05) is 13.2 Å². The van der Waals surface area contributed by atoms with E-state index in [1.54, 1.807) is 37.3 Å². The molecule has 0 saturated heterocycles. The number of fused-ring (bicyclic) bond motifs is 1. The highest BCUT2D eigenvalue weighted by atomic mass is 32.1. The van der Waals surface area contributed by atoms with Gasteiger partial charge in [0.05, 0.1) is 28.5 Å². The van der Waals surface area contributed by atoms with E-state index in [9.17, 15) is 14.0 Å². The summed E-state index contributed by atoms with van der Waals surface area (Å²) in [7, 11) is 0. The SMILES string of the molecule is C#CCOc1ccc(/C=c2/sc3n(c2=O)C(c2ccc(F)cc2)C(C(=O)OCC)=C(c2ccccc2)N=3)cc1. The van der Waals surface area contributed by atoms with Gasteiger partial charge in [0.2, 0.25) is 0 Å². The van der Waals surface area contributed by atoms with E-state index in [4.69, 9.17) is 20.9 Å². The lowest BCUT2D eigenvalue weighted by molar-refractivity contribution is -0.138. The summed E-state index contributed by atoms with van der Waals surface area (Å²) in [5.74, 6) is 2.02. The molecule has 1 aliphatic heterocycles. The van der Waals surface area contributed by atoms with Crippen molar-refractivity contribution < 1.29 is 18.7 Å². The van der Waals surface area contributed by atoms with Gasteiger partial charge in [-0.25, -0.2) is 14.2 Å². The van der Waals surface area contributed by atoms with E-state index in [1.165, 1.54) is 28.0 Å². The van der Waals surface area contributed by atoms with Crippen LogP contribution in [0.2, 0.25) is 0 Å². The lowest BCUT2D eigenvalue weighted by Gasteiger charge is -2.25. The smallest absolute Gasteiger partial charge is 0.338 e. The maximum atomic E-state index is 13.9. The fraction of sp³-hybridized carbons (Fsp3) is 0.129. The summed E-state index contributed by atoms with van der Waals surface area (Å²) >= 11 is 1.21. The number of terminal acetylenes is 1. The summed E-state index contributed by atoms with van der Waals surface area (Å²) in [6, 6.07) is 21.3. The van der Waals surface area contributed by atoms with Crippen LogP contribution in [0.5, 0.6) is 5.75 Å². The Bertz CT molecular complexity index is 1760. The van der Waals surface area contributed by atoms with Gasteiger partial charge < -0.3 is 9.47 Å². The molecule has 1 unspecified atom stereocenters. The van der Waals surface area contributed by atoms with E-state index >= 15 is 0 Å². The molecule has 2 heterocycles. The normalized spacial score (nSPS) is 14.8. The van der Waals surface area contributed by atoms with Gasteiger partial charge in [-0.2, -0.15) is 0 Å². The number of halogens is 1. The van der Waals surface area contributed by atoms with Crippen LogP contribution < -0.4 is 19.6 Å². The Kier molecular flexibility index (Phi) is 7.53. The summed E-state index contributed by atoms with van der Waals surface area (Å²) in [5.41, 5.74) is 2.34. The number of ether oxygens (including phenoxy) is 2. The van der Waals surface area contributed by atoms with Crippen LogP contribution in [0.4, 0.5) is 4.39 Å². The molecule has 0 fully saturated rings. The van der Waals surface area contributed by atoms with Crippen molar-refractivity contribution in [3.63, 3.8) is 0 Å². The van der Waals surface area contributed by atoms with Crippen molar-refractivity contribution in [1.29, 1.82) is 0 Å². The Hall–Kier alpha value is -4.74. The third kappa shape index (κ3) is 5.31. The van der Waals surface area contributed by atoms with Gasteiger partial charge in [-0.05, 0) is 48.4 Å². The van der Waals surface area contributed by atoms with Crippen molar-refractivity contribution in [3.05, 3.63) is 127 Å². The highest BCUT2D eigenvalue weighted by Crippen LogP contribution is 2.35. The minimum absolute atomic E-state index is 0.145. The highest BCUT2D eigenvalue weighted by Gasteiger charge is 2.35. The van der Waals surface area contributed by atoms with Crippen LogP contribution in [0.1, 0.15) is 29.7 Å². The van der Waals surface area contributed by atoms with Gasteiger partial charge in [-0.3, -0.25) is 9.36 Å². The second-order valence-electron chi connectivity index (χ2n) is 8.54. The van der Waals surface area contributed by atoms with Crippen LogP contribution in [0, 0.1) is 18.2 Å². The number of rotatable bonds is 7. The van der Waals surface area contributed by atoms with Gasteiger partial charge in [-0.1, -0.05) is 71.9 Å². The molecular weight excluding hydrogens is 515 g/mol. The molecule has 0 saturated carbocycles. The minimum Gasteiger partial charge on any atom is -0.481 e. The van der Waals surface area contributed by atoms with Gasteiger partial charge in [0.25, 0.3) is 5.56 Å². The van der Waals surface area contributed by atoms with Crippen LogP contribution in [-0.4, -0.2) is 23.8 Å². The first kappa shape index (κ1) is 25.9. The molecule has 0 aliphatic carbocycles. The predicted molar refractivity (Wildman–Crippen MR) is 148 cm³/mol. The Morgan fingerprint density at radius 2 is 1.82 bits per heavy atom. The molecule has 5 rings (SSSR count). The number of carbonyl (C=O) groups excluding carboxylic acids is 1. The molecule has 0 spiro atoms. The molecule has 1 atom stereocenters. The average molecular weight is 539 g/mol. The van der Waals surface area contributed by atoms with Gasteiger partial charge >= 0.3 is 5.97 Å². The minimum atomic E-state index is -0.863. The van der Waals surface area contributed by atoms with Gasteiger partial charge in [0, 0.05) is 5.56 Å². The molecule has 194 valence electrons. The molecule has 0 N–H and O–H groups in total. The number of nitrogens with zero attached hydrogens (tertiary/aromatic N) is 2. The second kappa shape index (κ2) is 11.3. The number of hydrogen-bond donors (Lipinski definition) is 0. The van der Waals surface area contributed by atoms with Gasteiger partial charge in [-0.15, -0.1) is 6.42 Å². The van der Waals surface area contributed by atoms with Crippen molar-refractivity contribution in [3.8, 4) is 18.1 Å². The van der Waals surface area contributed by atoms with Crippen LogP contribution in [-0.2, 0) is 9.53 Å². The summed E-state index contributed by atoms with van der Waals surface area (Å²) in [4.78, 5) is 32.4. The summed E-state index contributed by atoms with van der Waals surface area (Å²) in [5, 5.41) is 0.